The second-order valence-corrected chi connectivity index (χ2v) is 4.68. The molecule has 1 amide bonds. The summed E-state index contributed by atoms with van der Waals surface area (Å²) in [6.07, 6.45) is 0. The van der Waals surface area contributed by atoms with E-state index in [0.717, 1.165) is 5.56 Å². The lowest BCUT2D eigenvalue weighted by molar-refractivity contribution is -0.124. The first kappa shape index (κ1) is 15.7. The molecule has 0 unspecified atom stereocenters. The van der Waals surface area contributed by atoms with Crippen LogP contribution in [0.15, 0.2) is 28.8 Å². The minimum atomic E-state index is -0.659. The van der Waals surface area contributed by atoms with E-state index >= 15 is 0 Å². The maximum atomic E-state index is 12.7. The van der Waals surface area contributed by atoms with Gasteiger partial charge in [0.05, 0.1) is 5.69 Å². The van der Waals surface area contributed by atoms with Gasteiger partial charge in [-0.05, 0) is 31.5 Å². The zero-order chi connectivity index (χ0) is 16.1. The topological polar surface area (TPSA) is 81.4 Å². The van der Waals surface area contributed by atoms with Crippen LogP contribution in [0.2, 0.25) is 0 Å². The van der Waals surface area contributed by atoms with Crippen LogP contribution >= 0.6 is 0 Å². The second-order valence-electron chi connectivity index (χ2n) is 4.68. The molecule has 1 aromatic carbocycles. The van der Waals surface area contributed by atoms with Crippen molar-refractivity contribution in [3.63, 3.8) is 0 Å². The SMILES string of the molecule is Cc1noc(C)c1C(=O)OCC(=O)NCc1ccc(F)cc1. The summed E-state index contributed by atoms with van der Waals surface area (Å²) in [5, 5.41) is 6.21. The molecule has 7 heteroatoms. The smallest absolute Gasteiger partial charge is 0.344 e. The van der Waals surface area contributed by atoms with E-state index in [-0.39, 0.29) is 17.9 Å². The van der Waals surface area contributed by atoms with Gasteiger partial charge in [-0.3, -0.25) is 4.79 Å². The number of benzene rings is 1. The van der Waals surface area contributed by atoms with Crippen LogP contribution in [0.1, 0.15) is 27.4 Å². The maximum absolute atomic E-state index is 12.7. The fraction of sp³-hybridized carbons (Fsp3) is 0.267. The van der Waals surface area contributed by atoms with Gasteiger partial charge in [0.2, 0.25) is 0 Å². The van der Waals surface area contributed by atoms with Crippen LogP contribution in [0.5, 0.6) is 0 Å². The molecule has 1 aromatic heterocycles. The number of nitrogens with one attached hydrogen (secondary N) is 1. The molecule has 2 aromatic rings. The highest BCUT2D eigenvalue weighted by molar-refractivity contribution is 5.93. The lowest BCUT2D eigenvalue weighted by atomic mass is 10.2. The molecule has 0 radical (unpaired) electrons. The molecule has 0 fully saturated rings. The van der Waals surface area contributed by atoms with Gasteiger partial charge in [0.15, 0.2) is 6.61 Å². The van der Waals surface area contributed by atoms with Gasteiger partial charge < -0.3 is 14.6 Å². The molecular formula is C15H15FN2O4. The van der Waals surface area contributed by atoms with Gasteiger partial charge in [0.25, 0.3) is 5.91 Å². The first-order chi connectivity index (χ1) is 10.5. The molecule has 0 aliphatic heterocycles. The number of aromatic nitrogens is 1. The number of ether oxygens (including phenoxy) is 1. The molecule has 2 rings (SSSR count). The van der Waals surface area contributed by atoms with Crippen molar-refractivity contribution >= 4 is 11.9 Å². The quantitative estimate of drug-likeness (QED) is 0.853. The van der Waals surface area contributed by atoms with E-state index in [1.165, 1.54) is 12.1 Å². The molecule has 0 saturated heterocycles. The summed E-state index contributed by atoms with van der Waals surface area (Å²) < 4.78 is 22.5. The Bertz CT molecular complexity index is 660. The Morgan fingerprint density at radius 3 is 2.55 bits per heavy atom. The van der Waals surface area contributed by atoms with Gasteiger partial charge in [-0.2, -0.15) is 0 Å². The van der Waals surface area contributed by atoms with Crippen molar-refractivity contribution in [2.45, 2.75) is 20.4 Å². The summed E-state index contributed by atoms with van der Waals surface area (Å²) in [6.45, 7) is 3.01. The summed E-state index contributed by atoms with van der Waals surface area (Å²) in [6, 6.07) is 5.73. The Balaban J connectivity index is 1.80. The van der Waals surface area contributed by atoms with E-state index < -0.39 is 18.5 Å². The van der Waals surface area contributed by atoms with Crippen LogP contribution in [0.4, 0.5) is 4.39 Å². The standard InChI is InChI=1S/C15H15FN2O4/c1-9-14(10(2)22-18-9)15(20)21-8-13(19)17-7-11-3-5-12(16)6-4-11/h3-6H,7-8H2,1-2H3,(H,17,19). The lowest BCUT2D eigenvalue weighted by Crippen LogP contribution is -2.28. The molecule has 0 spiro atoms. The zero-order valence-corrected chi connectivity index (χ0v) is 12.2. The Kier molecular flexibility index (Phi) is 4.88. The molecule has 1 heterocycles. The third-order valence-corrected chi connectivity index (χ3v) is 2.97. The maximum Gasteiger partial charge on any atom is 0.344 e. The number of esters is 1. The summed E-state index contributed by atoms with van der Waals surface area (Å²) >= 11 is 0. The van der Waals surface area contributed by atoms with Crippen LogP contribution in [0.3, 0.4) is 0 Å². The van der Waals surface area contributed by atoms with Gasteiger partial charge >= 0.3 is 5.97 Å². The number of amides is 1. The number of carbonyl (C=O) groups is 2. The van der Waals surface area contributed by atoms with Crippen LogP contribution in [0.25, 0.3) is 0 Å². The molecule has 0 aliphatic carbocycles. The fourth-order valence-corrected chi connectivity index (χ4v) is 1.83. The first-order valence-electron chi connectivity index (χ1n) is 6.58. The van der Waals surface area contributed by atoms with Crippen molar-refractivity contribution in [1.29, 1.82) is 0 Å². The number of hydrogen-bond donors (Lipinski definition) is 1. The normalized spacial score (nSPS) is 10.3. The van der Waals surface area contributed by atoms with Crippen molar-refractivity contribution in [2.75, 3.05) is 6.61 Å². The van der Waals surface area contributed by atoms with Gasteiger partial charge in [-0.15, -0.1) is 0 Å². The molecule has 0 saturated carbocycles. The predicted octanol–water partition coefficient (Wildman–Crippen LogP) is 1.90. The van der Waals surface area contributed by atoms with Gasteiger partial charge in [0, 0.05) is 6.54 Å². The van der Waals surface area contributed by atoms with Crippen molar-refractivity contribution in [3.05, 3.63) is 52.7 Å². The minimum Gasteiger partial charge on any atom is -0.452 e. The fourth-order valence-electron chi connectivity index (χ4n) is 1.83. The highest BCUT2D eigenvalue weighted by Crippen LogP contribution is 2.13. The van der Waals surface area contributed by atoms with E-state index in [0.29, 0.717) is 11.5 Å². The molecule has 116 valence electrons. The average Bonchev–Trinajstić information content (AvgIpc) is 2.83. The lowest BCUT2D eigenvalue weighted by Gasteiger charge is -2.06. The Hall–Kier alpha value is -2.70. The van der Waals surface area contributed by atoms with Crippen molar-refractivity contribution in [3.8, 4) is 0 Å². The van der Waals surface area contributed by atoms with Crippen LogP contribution in [-0.2, 0) is 16.1 Å². The summed E-state index contributed by atoms with van der Waals surface area (Å²) in [5.74, 6) is -1.12. The summed E-state index contributed by atoms with van der Waals surface area (Å²) in [4.78, 5) is 23.4. The van der Waals surface area contributed by atoms with Gasteiger partial charge in [0.1, 0.15) is 17.1 Å². The van der Waals surface area contributed by atoms with Crippen LogP contribution in [-0.4, -0.2) is 23.6 Å². The zero-order valence-electron chi connectivity index (χ0n) is 12.2. The summed E-state index contributed by atoms with van der Waals surface area (Å²) in [5.41, 5.74) is 1.38. The van der Waals surface area contributed by atoms with E-state index in [4.69, 9.17) is 9.26 Å². The van der Waals surface area contributed by atoms with Crippen molar-refractivity contribution < 1.29 is 23.2 Å². The average molecular weight is 306 g/mol. The molecule has 0 atom stereocenters. The first-order valence-corrected chi connectivity index (χ1v) is 6.58. The molecule has 0 bridgehead atoms. The number of halogens is 1. The van der Waals surface area contributed by atoms with E-state index in [9.17, 15) is 14.0 Å². The monoisotopic (exact) mass is 306 g/mol. The van der Waals surface area contributed by atoms with Crippen molar-refractivity contribution in [2.24, 2.45) is 0 Å². The van der Waals surface area contributed by atoms with Gasteiger partial charge in [-0.1, -0.05) is 17.3 Å². The summed E-state index contributed by atoms with van der Waals surface area (Å²) in [7, 11) is 0. The second kappa shape index (κ2) is 6.84. The number of carbonyl (C=O) groups excluding carboxylic acids is 2. The third-order valence-electron chi connectivity index (χ3n) is 2.97. The molecule has 1 N–H and O–H groups in total. The predicted molar refractivity (Wildman–Crippen MR) is 74.5 cm³/mol. The Morgan fingerprint density at radius 2 is 1.95 bits per heavy atom. The number of hydrogen-bond acceptors (Lipinski definition) is 5. The largest absolute Gasteiger partial charge is 0.452 e. The van der Waals surface area contributed by atoms with E-state index in [2.05, 4.69) is 10.5 Å². The molecule has 6 nitrogen and oxygen atoms in total. The van der Waals surface area contributed by atoms with E-state index in [1.807, 2.05) is 0 Å². The third kappa shape index (κ3) is 3.91. The highest BCUT2D eigenvalue weighted by Gasteiger charge is 2.19. The highest BCUT2D eigenvalue weighted by atomic mass is 19.1. The molecular weight excluding hydrogens is 291 g/mol. The van der Waals surface area contributed by atoms with Crippen LogP contribution in [0, 0.1) is 19.7 Å². The minimum absolute atomic E-state index is 0.224. The number of nitrogens with zero attached hydrogens (tertiary/aromatic N) is 1. The Morgan fingerprint density at radius 1 is 1.27 bits per heavy atom. The van der Waals surface area contributed by atoms with Crippen molar-refractivity contribution in [1.82, 2.24) is 10.5 Å². The number of aryl methyl sites for hydroxylation is 2. The molecule has 0 aliphatic rings. The van der Waals surface area contributed by atoms with Crippen LogP contribution < -0.4 is 5.32 Å². The molecule has 22 heavy (non-hydrogen) atoms. The van der Waals surface area contributed by atoms with E-state index in [1.54, 1.807) is 26.0 Å². The Labute approximate surface area is 126 Å². The number of rotatable bonds is 5. The van der Waals surface area contributed by atoms with Gasteiger partial charge in [-0.25, -0.2) is 9.18 Å².